The first-order valence-electron chi connectivity index (χ1n) is 7.05. The summed E-state index contributed by atoms with van der Waals surface area (Å²) in [5.41, 5.74) is 0.485. The van der Waals surface area contributed by atoms with Crippen LogP contribution in [-0.2, 0) is 16.0 Å². The molecule has 1 aliphatic rings. The summed E-state index contributed by atoms with van der Waals surface area (Å²) in [6.07, 6.45) is -1.44. The van der Waals surface area contributed by atoms with Crippen LogP contribution < -0.4 is 4.74 Å². The fourth-order valence-electron chi connectivity index (χ4n) is 2.43. The average Bonchev–Trinajstić information content (AvgIpc) is 2.39. The fraction of sp³-hybridized carbons (Fsp3) is 0.533. The maximum atomic E-state index is 12.0. The van der Waals surface area contributed by atoms with Gasteiger partial charge in [-0.2, -0.15) is 0 Å². The van der Waals surface area contributed by atoms with Crippen molar-refractivity contribution in [1.82, 2.24) is 0 Å². The molecule has 22 heavy (non-hydrogen) atoms. The van der Waals surface area contributed by atoms with Crippen LogP contribution in [0.15, 0.2) is 24.3 Å². The lowest BCUT2D eigenvalue weighted by Crippen LogP contribution is -2.37. The third kappa shape index (κ3) is 5.22. The number of halogens is 3. The molecule has 0 heterocycles. The molecule has 2 rings (SSSR count). The molecule has 4 nitrogen and oxygen atoms in total. The monoisotopic (exact) mass is 318 g/mol. The molecule has 0 atom stereocenters. The Balaban J connectivity index is 1.89. The second-order valence-corrected chi connectivity index (χ2v) is 5.35. The zero-order chi connectivity index (χ0) is 16.2. The van der Waals surface area contributed by atoms with E-state index in [1.54, 1.807) is 0 Å². The molecule has 122 valence electrons. The predicted octanol–water partition coefficient (Wildman–Crippen LogP) is 3.32. The van der Waals surface area contributed by atoms with Crippen LogP contribution in [0, 0.1) is 0 Å². The Morgan fingerprint density at radius 1 is 1.14 bits per heavy atom. The second kappa shape index (κ2) is 6.56. The highest BCUT2D eigenvalue weighted by Gasteiger charge is 2.33. The van der Waals surface area contributed by atoms with E-state index in [1.165, 1.54) is 12.1 Å². The average molecular weight is 318 g/mol. The van der Waals surface area contributed by atoms with E-state index in [4.69, 9.17) is 4.74 Å². The van der Waals surface area contributed by atoms with E-state index in [1.807, 2.05) is 0 Å². The number of ether oxygens (including phenoxy) is 2. The van der Waals surface area contributed by atoms with Crippen molar-refractivity contribution in [3.63, 3.8) is 0 Å². The number of hydrogen-bond acceptors (Lipinski definition) is 4. The van der Waals surface area contributed by atoms with Gasteiger partial charge in [0.25, 0.3) is 0 Å². The van der Waals surface area contributed by atoms with Gasteiger partial charge in [0.05, 0.1) is 6.42 Å². The summed E-state index contributed by atoms with van der Waals surface area (Å²) in [7, 11) is 0. The highest BCUT2D eigenvalue weighted by molar-refractivity contribution is 5.73. The van der Waals surface area contributed by atoms with E-state index in [2.05, 4.69) is 4.74 Å². The van der Waals surface area contributed by atoms with Gasteiger partial charge in [-0.05, 0) is 30.5 Å². The summed E-state index contributed by atoms with van der Waals surface area (Å²) < 4.78 is 44.9. The number of benzene rings is 1. The van der Waals surface area contributed by atoms with Crippen molar-refractivity contribution in [2.24, 2.45) is 0 Å². The first-order chi connectivity index (χ1) is 10.3. The molecule has 7 heteroatoms. The molecule has 1 saturated carbocycles. The van der Waals surface area contributed by atoms with E-state index in [0.717, 1.165) is 31.4 Å². The van der Waals surface area contributed by atoms with E-state index in [-0.39, 0.29) is 12.2 Å². The normalized spacial score (nSPS) is 17.8. The second-order valence-electron chi connectivity index (χ2n) is 5.35. The molecular weight excluding hydrogens is 301 g/mol. The largest absolute Gasteiger partial charge is 0.573 e. The van der Waals surface area contributed by atoms with Crippen LogP contribution in [-0.4, -0.2) is 23.2 Å². The van der Waals surface area contributed by atoms with E-state index in [0.29, 0.717) is 18.4 Å². The molecule has 1 aliphatic carbocycles. The number of hydrogen-bond donors (Lipinski definition) is 1. The predicted molar refractivity (Wildman–Crippen MR) is 71.0 cm³/mol. The molecule has 0 aliphatic heterocycles. The lowest BCUT2D eigenvalue weighted by Gasteiger charge is -2.31. The van der Waals surface area contributed by atoms with E-state index in [9.17, 15) is 23.1 Å². The highest BCUT2D eigenvalue weighted by atomic mass is 19.4. The van der Waals surface area contributed by atoms with Crippen molar-refractivity contribution in [3.8, 4) is 5.75 Å². The molecule has 0 bridgehead atoms. The van der Waals surface area contributed by atoms with Gasteiger partial charge < -0.3 is 14.6 Å². The zero-order valence-corrected chi connectivity index (χ0v) is 11.9. The minimum absolute atomic E-state index is 0.116. The molecule has 1 N–H and O–H groups in total. The maximum absolute atomic E-state index is 12.0. The third-order valence-electron chi connectivity index (χ3n) is 3.44. The van der Waals surface area contributed by atoms with Gasteiger partial charge in [-0.15, -0.1) is 13.2 Å². The van der Waals surface area contributed by atoms with Crippen LogP contribution in [0.1, 0.15) is 37.7 Å². The molecule has 0 amide bonds. The summed E-state index contributed by atoms with van der Waals surface area (Å²) >= 11 is 0. The van der Waals surface area contributed by atoms with Crippen LogP contribution >= 0.6 is 0 Å². The summed E-state index contributed by atoms with van der Waals surface area (Å²) in [5.74, 6) is -2.36. The van der Waals surface area contributed by atoms with Crippen molar-refractivity contribution < 1.29 is 32.5 Å². The van der Waals surface area contributed by atoms with Crippen molar-refractivity contribution in [2.45, 2.75) is 50.7 Å². The minimum atomic E-state index is -4.75. The molecule has 1 aromatic carbocycles. The Morgan fingerprint density at radius 3 is 2.27 bits per heavy atom. The number of esters is 1. The highest BCUT2D eigenvalue weighted by Crippen LogP contribution is 2.29. The van der Waals surface area contributed by atoms with Crippen LogP contribution in [0.5, 0.6) is 5.75 Å². The van der Waals surface area contributed by atoms with Crippen molar-refractivity contribution in [3.05, 3.63) is 29.8 Å². The smallest absolute Gasteiger partial charge is 0.433 e. The van der Waals surface area contributed by atoms with E-state index < -0.39 is 18.1 Å². The Bertz CT molecular complexity index is 505. The number of alkyl halides is 3. The molecule has 1 aromatic rings. The van der Waals surface area contributed by atoms with Crippen LogP contribution in [0.2, 0.25) is 0 Å². The summed E-state index contributed by atoms with van der Waals surface area (Å²) in [4.78, 5) is 11.8. The van der Waals surface area contributed by atoms with Crippen molar-refractivity contribution in [1.29, 1.82) is 0 Å². The van der Waals surface area contributed by atoms with Gasteiger partial charge in [0.2, 0.25) is 5.79 Å². The molecule has 1 fully saturated rings. The van der Waals surface area contributed by atoms with Gasteiger partial charge in [-0.25, -0.2) is 0 Å². The Labute approximate surface area is 125 Å². The number of aliphatic hydroxyl groups is 1. The van der Waals surface area contributed by atoms with Gasteiger partial charge in [0.1, 0.15) is 5.75 Å². The molecule has 0 unspecified atom stereocenters. The van der Waals surface area contributed by atoms with Crippen LogP contribution in [0.3, 0.4) is 0 Å². The Morgan fingerprint density at radius 2 is 1.73 bits per heavy atom. The summed E-state index contributed by atoms with van der Waals surface area (Å²) in [5, 5.41) is 10.1. The Kier molecular flexibility index (Phi) is 4.95. The van der Waals surface area contributed by atoms with Crippen molar-refractivity contribution in [2.75, 3.05) is 0 Å². The first-order valence-corrected chi connectivity index (χ1v) is 7.05. The van der Waals surface area contributed by atoms with Gasteiger partial charge in [-0.1, -0.05) is 18.6 Å². The van der Waals surface area contributed by atoms with Crippen molar-refractivity contribution >= 4 is 5.97 Å². The molecule has 0 spiro atoms. The number of rotatable bonds is 4. The SMILES string of the molecule is O=C(Cc1ccc(OC(F)(F)F)cc1)OC1(O)CCCCC1. The topological polar surface area (TPSA) is 55.8 Å². The first kappa shape index (κ1) is 16.6. The van der Waals surface area contributed by atoms with E-state index >= 15 is 0 Å². The van der Waals surface area contributed by atoms with Gasteiger partial charge >= 0.3 is 12.3 Å². The molecule has 0 radical (unpaired) electrons. The standard InChI is InChI=1S/C15H17F3O4/c16-15(17,18)21-12-6-4-11(5-7-12)10-13(19)22-14(20)8-2-1-3-9-14/h4-7,20H,1-3,8-10H2. The Hall–Kier alpha value is -1.76. The molecule has 0 aromatic heterocycles. The van der Waals surface area contributed by atoms with Gasteiger partial charge in [0, 0.05) is 12.8 Å². The van der Waals surface area contributed by atoms with Crippen LogP contribution in [0.25, 0.3) is 0 Å². The fourth-order valence-corrected chi connectivity index (χ4v) is 2.43. The summed E-state index contributed by atoms with van der Waals surface area (Å²) in [6, 6.07) is 4.97. The lowest BCUT2D eigenvalue weighted by atomic mass is 9.94. The summed E-state index contributed by atoms with van der Waals surface area (Å²) in [6.45, 7) is 0. The van der Waals surface area contributed by atoms with Gasteiger partial charge in [0.15, 0.2) is 0 Å². The number of carbonyl (C=O) groups is 1. The molecule has 0 saturated heterocycles. The maximum Gasteiger partial charge on any atom is 0.573 e. The van der Waals surface area contributed by atoms with Crippen LogP contribution in [0.4, 0.5) is 13.2 Å². The quantitative estimate of drug-likeness (QED) is 0.683. The van der Waals surface area contributed by atoms with Gasteiger partial charge in [-0.3, -0.25) is 4.79 Å². The third-order valence-corrected chi connectivity index (χ3v) is 3.44. The lowest BCUT2D eigenvalue weighted by molar-refractivity contribution is -0.274. The molecular formula is C15H17F3O4. The zero-order valence-electron chi connectivity index (χ0n) is 11.9. The number of carbonyl (C=O) groups excluding carboxylic acids is 1. The minimum Gasteiger partial charge on any atom is -0.433 e.